The van der Waals surface area contributed by atoms with Crippen molar-refractivity contribution < 1.29 is 22.7 Å². The zero-order valence-electron chi connectivity index (χ0n) is 16.9. The Morgan fingerprint density at radius 1 is 1.21 bits per heavy atom. The Morgan fingerprint density at radius 2 is 1.97 bits per heavy atom. The Morgan fingerprint density at radius 3 is 2.67 bits per heavy atom. The van der Waals surface area contributed by atoms with Crippen LogP contribution in [0.4, 0.5) is 18.9 Å². The molecule has 12 heteroatoms. The lowest BCUT2D eigenvalue weighted by Crippen LogP contribution is -2.18. The van der Waals surface area contributed by atoms with E-state index < -0.39 is 17.6 Å². The highest BCUT2D eigenvalue weighted by Gasteiger charge is 2.33. The molecular formula is C21H17Cl2F3N4O2S. The van der Waals surface area contributed by atoms with Crippen LogP contribution in [-0.2, 0) is 24.1 Å². The van der Waals surface area contributed by atoms with Gasteiger partial charge in [0, 0.05) is 11.6 Å². The number of ether oxygens (including phenoxy) is 1. The third-order valence-electron chi connectivity index (χ3n) is 4.19. The molecule has 174 valence electrons. The first-order valence-corrected chi connectivity index (χ1v) is 11.1. The highest BCUT2D eigenvalue weighted by molar-refractivity contribution is 7.99. The number of carbonyl (C=O) groups excluding carboxylic acids is 1. The number of amides is 1. The number of alkyl halides is 3. The molecule has 0 aliphatic rings. The van der Waals surface area contributed by atoms with Gasteiger partial charge in [-0.3, -0.25) is 9.36 Å². The van der Waals surface area contributed by atoms with Crippen molar-refractivity contribution in [1.29, 1.82) is 0 Å². The molecule has 2 aromatic carbocycles. The summed E-state index contributed by atoms with van der Waals surface area (Å²) >= 11 is 13.0. The summed E-state index contributed by atoms with van der Waals surface area (Å²) in [6.45, 7) is 4.07. The molecule has 0 bridgehead atoms. The Balaban J connectivity index is 1.66. The summed E-state index contributed by atoms with van der Waals surface area (Å²) in [5, 5.41) is 11.6. The molecule has 3 rings (SSSR count). The van der Waals surface area contributed by atoms with Crippen molar-refractivity contribution in [2.75, 3.05) is 11.1 Å². The summed E-state index contributed by atoms with van der Waals surface area (Å²) in [5.74, 6) is 0.0682. The maximum atomic E-state index is 13.1. The van der Waals surface area contributed by atoms with Gasteiger partial charge in [-0.2, -0.15) is 13.2 Å². The fourth-order valence-corrected chi connectivity index (χ4v) is 3.96. The smallest absolute Gasteiger partial charge is 0.418 e. The van der Waals surface area contributed by atoms with E-state index in [2.05, 4.69) is 22.1 Å². The second-order valence-electron chi connectivity index (χ2n) is 6.54. The highest BCUT2D eigenvalue weighted by Crippen LogP contribution is 2.34. The number of benzene rings is 2. The molecule has 0 saturated carbocycles. The van der Waals surface area contributed by atoms with Crippen LogP contribution in [0.15, 0.2) is 60.3 Å². The van der Waals surface area contributed by atoms with Crippen LogP contribution in [-0.4, -0.2) is 26.4 Å². The zero-order valence-corrected chi connectivity index (χ0v) is 19.2. The van der Waals surface area contributed by atoms with Crippen LogP contribution in [0, 0.1) is 0 Å². The molecule has 0 radical (unpaired) electrons. The lowest BCUT2D eigenvalue weighted by molar-refractivity contribution is -0.137. The average molecular weight is 517 g/mol. The van der Waals surface area contributed by atoms with Gasteiger partial charge in [0.25, 0.3) is 0 Å². The van der Waals surface area contributed by atoms with Gasteiger partial charge in [0.15, 0.2) is 11.0 Å². The number of para-hydroxylation sites is 1. The second-order valence-corrected chi connectivity index (χ2v) is 8.33. The minimum Gasteiger partial charge on any atom is -0.484 e. The van der Waals surface area contributed by atoms with Crippen LogP contribution in [0.3, 0.4) is 0 Å². The van der Waals surface area contributed by atoms with E-state index in [-0.39, 0.29) is 18.0 Å². The number of rotatable bonds is 9. The number of allylic oxidation sites excluding steroid dienone is 1. The summed E-state index contributed by atoms with van der Waals surface area (Å²) in [4.78, 5) is 12.3. The van der Waals surface area contributed by atoms with Crippen LogP contribution in [0.2, 0.25) is 10.0 Å². The van der Waals surface area contributed by atoms with E-state index in [4.69, 9.17) is 27.9 Å². The van der Waals surface area contributed by atoms with Gasteiger partial charge in [-0.15, -0.1) is 16.8 Å². The monoisotopic (exact) mass is 516 g/mol. The van der Waals surface area contributed by atoms with Gasteiger partial charge in [0.2, 0.25) is 5.91 Å². The number of aromatic nitrogens is 3. The molecule has 1 heterocycles. The molecule has 1 aromatic heterocycles. The molecule has 1 amide bonds. The molecule has 6 nitrogen and oxygen atoms in total. The molecule has 3 aromatic rings. The first-order valence-electron chi connectivity index (χ1n) is 9.38. The van der Waals surface area contributed by atoms with Crippen molar-refractivity contribution in [3.63, 3.8) is 0 Å². The van der Waals surface area contributed by atoms with Crippen LogP contribution in [0.25, 0.3) is 0 Å². The van der Waals surface area contributed by atoms with Gasteiger partial charge in [0.1, 0.15) is 12.4 Å². The second kappa shape index (κ2) is 11.0. The summed E-state index contributed by atoms with van der Waals surface area (Å²) in [6.07, 6.45) is -2.96. The minimum absolute atomic E-state index is 0.0356. The van der Waals surface area contributed by atoms with Gasteiger partial charge in [-0.05, 0) is 30.3 Å². The molecule has 0 atom stereocenters. The predicted molar refractivity (Wildman–Crippen MR) is 122 cm³/mol. The van der Waals surface area contributed by atoms with Crippen molar-refractivity contribution in [2.24, 2.45) is 0 Å². The average Bonchev–Trinajstić information content (AvgIpc) is 3.13. The first kappa shape index (κ1) is 24.9. The number of anilines is 1. The number of thioether (sulfide) groups is 1. The molecule has 0 aliphatic carbocycles. The SMILES string of the molecule is C=CCn1c(COc2ccc(Cl)cc2Cl)nnc1SCC(=O)Nc1ccccc1C(F)(F)F. The molecule has 0 spiro atoms. The lowest BCUT2D eigenvalue weighted by atomic mass is 10.1. The normalized spacial score (nSPS) is 11.3. The van der Waals surface area contributed by atoms with E-state index in [0.717, 1.165) is 17.8 Å². The van der Waals surface area contributed by atoms with E-state index in [0.29, 0.717) is 33.3 Å². The third-order valence-corrected chi connectivity index (χ3v) is 5.69. The van der Waals surface area contributed by atoms with Gasteiger partial charge in [-0.25, -0.2) is 0 Å². The Labute approximate surface area is 201 Å². The van der Waals surface area contributed by atoms with E-state index >= 15 is 0 Å². The fourth-order valence-electron chi connectivity index (χ4n) is 2.74. The number of nitrogens with zero attached hydrogens (tertiary/aromatic N) is 3. The molecule has 0 aliphatic heterocycles. The molecular weight excluding hydrogens is 500 g/mol. The van der Waals surface area contributed by atoms with Crippen molar-refractivity contribution in [1.82, 2.24) is 14.8 Å². The molecule has 0 unspecified atom stereocenters. The standard InChI is InChI=1S/C21H17Cl2F3N4O2S/c1-2-9-30-18(11-32-17-8-7-13(22)10-15(17)23)28-29-20(30)33-12-19(31)27-16-6-4-3-5-14(16)21(24,25)26/h2-8,10H,1,9,11-12H2,(H,27,31). The van der Waals surface area contributed by atoms with Crippen LogP contribution in [0.1, 0.15) is 11.4 Å². The number of carbonyl (C=O) groups is 1. The minimum atomic E-state index is -4.58. The van der Waals surface area contributed by atoms with Crippen molar-refractivity contribution in [2.45, 2.75) is 24.5 Å². The lowest BCUT2D eigenvalue weighted by Gasteiger charge is -2.13. The maximum absolute atomic E-state index is 13.1. The van der Waals surface area contributed by atoms with Gasteiger partial charge >= 0.3 is 6.18 Å². The van der Waals surface area contributed by atoms with Gasteiger partial charge in [-0.1, -0.05) is 53.2 Å². The highest BCUT2D eigenvalue weighted by atomic mass is 35.5. The third kappa shape index (κ3) is 6.66. The quantitative estimate of drug-likeness (QED) is 0.275. The van der Waals surface area contributed by atoms with Crippen molar-refractivity contribution >= 4 is 46.6 Å². The van der Waals surface area contributed by atoms with E-state index in [1.54, 1.807) is 28.8 Å². The number of hydrogen-bond donors (Lipinski definition) is 1. The topological polar surface area (TPSA) is 69.0 Å². The van der Waals surface area contributed by atoms with Crippen LogP contribution >= 0.6 is 35.0 Å². The summed E-state index contributed by atoms with van der Waals surface area (Å²) in [5.41, 5.74) is -1.23. The Kier molecular flexibility index (Phi) is 8.28. The number of hydrogen-bond acceptors (Lipinski definition) is 5. The Bertz CT molecular complexity index is 1150. The van der Waals surface area contributed by atoms with Gasteiger partial charge < -0.3 is 10.1 Å². The maximum Gasteiger partial charge on any atom is 0.418 e. The molecule has 1 N–H and O–H groups in total. The van der Waals surface area contributed by atoms with E-state index in [9.17, 15) is 18.0 Å². The van der Waals surface area contributed by atoms with Crippen LogP contribution in [0.5, 0.6) is 5.75 Å². The Hall–Kier alpha value is -2.69. The van der Waals surface area contributed by atoms with E-state index in [1.165, 1.54) is 18.2 Å². The van der Waals surface area contributed by atoms with E-state index in [1.807, 2.05) is 0 Å². The predicted octanol–water partition coefficient (Wildman–Crippen LogP) is 6.10. The number of nitrogens with one attached hydrogen (secondary N) is 1. The molecule has 33 heavy (non-hydrogen) atoms. The molecule has 0 fully saturated rings. The van der Waals surface area contributed by atoms with Crippen molar-refractivity contribution in [3.8, 4) is 5.75 Å². The summed E-state index contributed by atoms with van der Waals surface area (Å²) < 4.78 is 46.7. The van der Waals surface area contributed by atoms with Crippen LogP contribution < -0.4 is 10.1 Å². The number of halogens is 5. The summed E-state index contributed by atoms with van der Waals surface area (Å²) in [7, 11) is 0. The van der Waals surface area contributed by atoms with Crippen molar-refractivity contribution in [3.05, 3.63) is 76.6 Å². The largest absolute Gasteiger partial charge is 0.484 e. The fraction of sp³-hybridized carbons (Fsp3) is 0.190. The van der Waals surface area contributed by atoms with Gasteiger partial charge in [0.05, 0.1) is 22.0 Å². The first-order chi connectivity index (χ1) is 15.7. The summed E-state index contributed by atoms with van der Waals surface area (Å²) in [6, 6.07) is 9.57. The zero-order chi connectivity index (χ0) is 24.0. The molecule has 0 saturated heterocycles.